The van der Waals surface area contributed by atoms with Gasteiger partial charge in [-0.1, -0.05) is 23.7 Å². The molecule has 0 aliphatic heterocycles. The average Bonchev–Trinajstić information content (AvgIpc) is 3.22. The second-order valence-corrected chi connectivity index (χ2v) is 7.69. The quantitative estimate of drug-likeness (QED) is 0.355. The predicted molar refractivity (Wildman–Crippen MR) is 124 cm³/mol. The highest BCUT2D eigenvalue weighted by Gasteiger charge is 2.16. The first kappa shape index (κ1) is 20.9. The molecule has 6 heteroatoms. The maximum Gasteiger partial charge on any atom is 0.148 e. The Bertz CT molecular complexity index is 1160. The third-order valence-electron chi connectivity index (χ3n) is 5.18. The highest BCUT2D eigenvalue weighted by molar-refractivity contribution is 6.30. The molecule has 0 spiro atoms. The molecule has 1 aromatic heterocycles. The average molecular weight is 436 g/mol. The maximum atomic E-state index is 13.2. The van der Waals surface area contributed by atoms with E-state index in [1.807, 2.05) is 61.8 Å². The van der Waals surface area contributed by atoms with Gasteiger partial charge in [0.25, 0.3) is 0 Å². The second kappa shape index (κ2) is 9.23. The molecule has 3 aromatic carbocycles. The van der Waals surface area contributed by atoms with E-state index in [-0.39, 0.29) is 5.82 Å². The summed E-state index contributed by atoms with van der Waals surface area (Å²) in [6, 6.07) is 22.0. The van der Waals surface area contributed by atoms with Crippen molar-refractivity contribution in [2.24, 2.45) is 0 Å². The molecule has 158 valence electrons. The monoisotopic (exact) mass is 435 g/mol. The van der Waals surface area contributed by atoms with Gasteiger partial charge in [0.15, 0.2) is 0 Å². The molecule has 0 unspecified atom stereocenters. The van der Waals surface area contributed by atoms with Crippen molar-refractivity contribution in [3.8, 4) is 22.8 Å². The fourth-order valence-corrected chi connectivity index (χ4v) is 3.60. The van der Waals surface area contributed by atoms with Gasteiger partial charge in [-0.2, -0.15) is 0 Å². The molecule has 0 amide bonds. The van der Waals surface area contributed by atoms with Crippen molar-refractivity contribution in [2.75, 3.05) is 25.6 Å². The number of benzene rings is 3. The van der Waals surface area contributed by atoms with E-state index in [9.17, 15) is 4.39 Å². The lowest BCUT2D eigenvalue weighted by Crippen LogP contribution is -2.20. The van der Waals surface area contributed by atoms with Crippen molar-refractivity contribution in [1.82, 2.24) is 9.55 Å². The number of hydrogen-bond donors (Lipinski definition) is 0. The number of aromatic nitrogens is 2. The lowest BCUT2D eigenvalue weighted by molar-refractivity contribution is 0.416. The van der Waals surface area contributed by atoms with Gasteiger partial charge in [-0.05, 0) is 60.7 Å². The third-order valence-corrected chi connectivity index (χ3v) is 5.43. The van der Waals surface area contributed by atoms with Crippen LogP contribution in [-0.4, -0.2) is 30.3 Å². The van der Waals surface area contributed by atoms with Crippen LogP contribution in [0.4, 0.5) is 10.1 Å². The zero-order chi connectivity index (χ0) is 21.8. The minimum absolute atomic E-state index is 0.236. The maximum absolute atomic E-state index is 13.2. The molecule has 31 heavy (non-hydrogen) atoms. The van der Waals surface area contributed by atoms with Crippen LogP contribution in [0.1, 0.15) is 5.69 Å². The van der Waals surface area contributed by atoms with Crippen molar-refractivity contribution in [2.45, 2.75) is 6.42 Å². The van der Waals surface area contributed by atoms with Crippen LogP contribution >= 0.6 is 11.6 Å². The number of nitrogens with zero attached hydrogens (tertiary/aromatic N) is 3. The number of anilines is 1. The van der Waals surface area contributed by atoms with Crippen molar-refractivity contribution in [3.63, 3.8) is 0 Å². The Morgan fingerprint density at radius 3 is 2.42 bits per heavy atom. The van der Waals surface area contributed by atoms with E-state index >= 15 is 0 Å². The first-order valence-electron chi connectivity index (χ1n) is 9.99. The van der Waals surface area contributed by atoms with Crippen LogP contribution in [0.3, 0.4) is 0 Å². The van der Waals surface area contributed by atoms with E-state index in [0.717, 1.165) is 47.2 Å². The fraction of sp³-hybridized carbons (Fsp3) is 0.160. The summed E-state index contributed by atoms with van der Waals surface area (Å²) in [6.07, 6.45) is 2.78. The van der Waals surface area contributed by atoms with E-state index in [2.05, 4.69) is 9.47 Å². The Labute approximate surface area is 186 Å². The Balaban J connectivity index is 1.66. The van der Waals surface area contributed by atoms with Crippen LogP contribution in [0.2, 0.25) is 5.02 Å². The zero-order valence-corrected chi connectivity index (χ0v) is 18.2. The lowest BCUT2D eigenvalue weighted by atomic mass is 10.2. The van der Waals surface area contributed by atoms with Gasteiger partial charge in [0.05, 0.1) is 18.4 Å². The summed E-state index contributed by atoms with van der Waals surface area (Å²) < 4.78 is 20.8. The molecule has 0 bridgehead atoms. The minimum Gasteiger partial charge on any atom is -0.496 e. The molecule has 0 radical (unpaired) electrons. The number of ether oxygens (including phenoxy) is 1. The summed E-state index contributed by atoms with van der Waals surface area (Å²) in [4.78, 5) is 7.02. The van der Waals surface area contributed by atoms with Crippen molar-refractivity contribution >= 4 is 17.3 Å². The normalized spacial score (nSPS) is 10.8. The van der Waals surface area contributed by atoms with E-state index in [0.29, 0.717) is 5.02 Å². The predicted octanol–water partition coefficient (Wildman–Crippen LogP) is 6.02. The standard InChI is InChI=1S/C25H23ClFN3O/c1-29(21-13-9-19(27)10-14-21)16-15-20-17-30(22-11-7-18(26)8-12-22)25(28-20)23-5-3-4-6-24(23)31-2/h3-14,17H,15-16H2,1-2H3. The number of likely N-dealkylation sites (N-methyl/N-ethyl adjacent to an activating group) is 1. The number of hydrogen-bond acceptors (Lipinski definition) is 3. The number of para-hydroxylation sites is 1. The van der Waals surface area contributed by atoms with Crippen LogP contribution < -0.4 is 9.64 Å². The van der Waals surface area contributed by atoms with Crippen LogP contribution in [0.15, 0.2) is 79.0 Å². The molecular formula is C25H23ClFN3O. The van der Waals surface area contributed by atoms with Crippen LogP contribution in [0.5, 0.6) is 5.75 Å². The Kier molecular flexibility index (Phi) is 6.23. The molecule has 0 saturated heterocycles. The molecule has 4 aromatic rings. The summed E-state index contributed by atoms with van der Waals surface area (Å²) in [7, 11) is 3.65. The zero-order valence-electron chi connectivity index (χ0n) is 17.4. The SMILES string of the molecule is COc1ccccc1-c1nc(CCN(C)c2ccc(F)cc2)cn1-c1ccc(Cl)cc1. The summed E-state index contributed by atoms with van der Waals surface area (Å²) in [5.41, 5.74) is 3.79. The molecule has 0 saturated carbocycles. The Morgan fingerprint density at radius 1 is 1.00 bits per heavy atom. The van der Waals surface area contributed by atoms with Gasteiger partial charge in [0, 0.05) is 42.6 Å². The molecular weight excluding hydrogens is 413 g/mol. The Hall–Kier alpha value is -3.31. The topological polar surface area (TPSA) is 30.3 Å². The molecule has 0 N–H and O–H groups in total. The first-order valence-corrected chi connectivity index (χ1v) is 10.4. The number of imidazole rings is 1. The highest BCUT2D eigenvalue weighted by atomic mass is 35.5. The molecule has 0 aliphatic carbocycles. The van der Waals surface area contributed by atoms with E-state index in [1.165, 1.54) is 12.1 Å². The van der Waals surface area contributed by atoms with Gasteiger partial charge in [-0.3, -0.25) is 4.57 Å². The molecule has 4 nitrogen and oxygen atoms in total. The summed E-state index contributed by atoms with van der Waals surface area (Å²) >= 11 is 6.09. The summed E-state index contributed by atoms with van der Waals surface area (Å²) in [5.74, 6) is 1.33. The van der Waals surface area contributed by atoms with Crippen LogP contribution in [0, 0.1) is 5.82 Å². The largest absolute Gasteiger partial charge is 0.496 e. The summed E-state index contributed by atoms with van der Waals surface area (Å²) in [5, 5.41) is 0.684. The van der Waals surface area contributed by atoms with Crippen LogP contribution in [-0.2, 0) is 6.42 Å². The highest BCUT2D eigenvalue weighted by Crippen LogP contribution is 2.31. The number of halogens is 2. The molecule has 4 rings (SSSR count). The van der Waals surface area contributed by atoms with Crippen molar-refractivity contribution < 1.29 is 9.13 Å². The van der Waals surface area contributed by atoms with Gasteiger partial charge in [0.2, 0.25) is 0 Å². The van der Waals surface area contributed by atoms with E-state index < -0.39 is 0 Å². The molecule has 0 aliphatic rings. The molecule has 1 heterocycles. The van der Waals surface area contributed by atoms with Gasteiger partial charge >= 0.3 is 0 Å². The van der Waals surface area contributed by atoms with Crippen molar-refractivity contribution in [3.05, 3.63) is 95.5 Å². The fourth-order valence-electron chi connectivity index (χ4n) is 3.47. The second-order valence-electron chi connectivity index (χ2n) is 7.25. The molecule has 0 fully saturated rings. The van der Waals surface area contributed by atoms with E-state index in [4.69, 9.17) is 21.3 Å². The van der Waals surface area contributed by atoms with E-state index in [1.54, 1.807) is 19.2 Å². The first-order chi connectivity index (χ1) is 15.0. The molecule has 0 atom stereocenters. The number of methoxy groups -OCH3 is 1. The third kappa shape index (κ3) is 4.72. The van der Waals surface area contributed by atoms with Gasteiger partial charge in [0.1, 0.15) is 17.4 Å². The van der Waals surface area contributed by atoms with Gasteiger partial charge in [-0.15, -0.1) is 0 Å². The lowest BCUT2D eigenvalue weighted by Gasteiger charge is -2.18. The van der Waals surface area contributed by atoms with Gasteiger partial charge in [-0.25, -0.2) is 9.37 Å². The smallest absolute Gasteiger partial charge is 0.148 e. The number of rotatable bonds is 7. The van der Waals surface area contributed by atoms with Crippen LogP contribution in [0.25, 0.3) is 17.1 Å². The van der Waals surface area contributed by atoms with Gasteiger partial charge < -0.3 is 9.64 Å². The minimum atomic E-state index is -0.236. The Morgan fingerprint density at radius 2 is 1.71 bits per heavy atom. The van der Waals surface area contributed by atoms with Crippen molar-refractivity contribution in [1.29, 1.82) is 0 Å². The summed E-state index contributed by atoms with van der Waals surface area (Å²) in [6.45, 7) is 0.745.